The minimum atomic E-state index is -0.658. The van der Waals surface area contributed by atoms with Crippen LogP contribution in [0.3, 0.4) is 0 Å². The van der Waals surface area contributed by atoms with Crippen molar-refractivity contribution in [3.8, 4) is 5.69 Å². The number of carbonyl (C=O) groups excluding carboxylic acids is 1. The quantitative estimate of drug-likeness (QED) is 0.836. The van der Waals surface area contributed by atoms with E-state index in [0.29, 0.717) is 6.54 Å². The van der Waals surface area contributed by atoms with E-state index < -0.39 is 6.04 Å². The Balaban J connectivity index is 0.00000242. The van der Waals surface area contributed by atoms with E-state index >= 15 is 0 Å². The molecule has 1 aromatic carbocycles. The van der Waals surface area contributed by atoms with Gasteiger partial charge in [0.25, 0.3) is 0 Å². The molecule has 0 bridgehead atoms. The fourth-order valence-corrected chi connectivity index (χ4v) is 2.00. The average molecular weight is 325 g/mol. The zero-order valence-corrected chi connectivity index (χ0v) is 13.5. The van der Waals surface area contributed by atoms with Gasteiger partial charge in [0.1, 0.15) is 6.04 Å². The first-order chi connectivity index (χ1) is 10.1. The highest BCUT2D eigenvalue weighted by Crippen LogP contribution is 2.14. The summed E-state index contributed by atoms with van der Waals surface area (Å²) in [6.45, 7) is 2.53. The van der Waals surface area contributed by atoms with Crippen LogP contribution in [0.2, 0.25) is 0 Å². The second kappa shape index (κ2) is 8.53. The summed E-state index contributed by atoms with van der Waals surface area (Å²) in [4.78, 5) is 11.8. The standard InChI is InChI=1S/C15H20N4O2.ClH/c1-11-7-8-19(18-11)14-6-4-3-5-12(14)9-17-15(20)13(16)10-21-2;/h3-8,13H,9-10,16H2,1-2H3,(H,17,20);1H. The van der Waals surface area contributed by atoms with Crippen LogP contribution in [0.1, 0.15) is 11.3 Å². The van der Waals surface area contributed by atoms with E-state index in [2.05, 4.69) is 10.4 Å². The lowest BCUT2D eigenvalue weighted by Gasteiger charge is -2.13. The monoisotopic (exact) mass is 324 g/mol. The minimum absolute atomic E-state index is 0. The molecule has 1 atom stereocenters. The van der Waals surface area contributed by atoms with Crippen molar-refractivity contribution in [1.82, 2.24) is 15.1 Å². The maximum atomic E-state index is 11.8. The molecule has 0 saturated heterocycles. The summed E-state index contributed by atoms with van der Waals surface area (Å²) in [6, 6.07) is 9.06. The molecule has 6 nitrogen and oxygen atoms in total. The van der Waals surface area contributed by atoms with Gasteiger partial charge in [-0.2, -0.15) is 5.10 Å². The van der Waals surface area contributed by atoms with E-state index in [1.54, 1.807) is 4.68 Å². The smallest absolute Gasteiger partial charge is 0.239 e. The maximum absolute atomic E-state index is 11.8. The summed E-state index contributed by atoms with van der Waals surface area (Å²) < 4.78 is 6.67. The SMILES string of the molecule is COCC(N)C(=O)NCc1ccccc1-n1ccc(C)n1.Cl. The topological polar surface area (TPSA) is 82.2 Å². The highest BCUT2D eigenvalue weighted by atomic mass is 35.5. The van der Waals surface area contributed by atoms with Gasteiger partial charge < -0.3 is 15.8 Å². The van der Waals surface area contributed by atoms with Gasteiger partial charge in [-0.05, 0) is 24.6 Å². The van der Waals surface area contributed by atoms with E-state index in [0.717, 1.165) is 16.9 Å². The van der Waals surface area contributed by atoms with Gasteiger partial charge >= 0.3 is 0 Å². The summed E-state index contributed by atoms with van der Waals surface area (Å²) in [5, 5.41) is 7.21. The molecule has 0 aliphatic rings. The van der Waals surface area contributed by atoms with Crippen LogP contribution in [0.25, 0.3) is 5.69 Å². The molecule has 3 N–H and O–H groups in total. The molecule has 0 radical (unpaired) electrons. The molecular formula is C15H21ClN4O2. The Labute approximate surface area is 136 Å². The lowest BCUT2D eigenvalue weighted by atomic mass is 10.1. The predicted molar refractivity (Wildman–Crippen MR) is 87.2 cm³/mol. The third-order valence-corrected chi connectivity index (χ3v) is 3.10. The molecule has 1 aromatic heterocycles. The second-order valence-electron chi connectivity index (χ2n) is 4.81. The number of benzene rings is 1. The molecule has 2 aromatic rings. The highest BCUT2D eigenvalue weighted by molar-refractivity contribution is 5.85. The molecular weight excluding hydrogens is 304 g/mol. The van der Waals surface area contributed by atoms with Gasteiger partial charge in [-0.15, -0.1) is 12.4 Å². The van der Waals surface area contributed by atoms with Crippen molar-refractivity contribution in [3.05, 3.63) is 47.8 Å². The van der Waals surface area contributed by atoms with Gasteiger partial charge in [-0.25, -0.2) is 4.68 Å². The molecule has 7 heteroatoms. The molecule has 1 unspecified atom stereocenters. The number of rotatable bonds is 6. The number of amides is 1. The van der Waals surface area contributed by atoms with E-state index in [1.807, 2.05) is 43.5 Å². The Morgan fingerprint density at radius 1 is 1.41 bits per heavy atom. The Hall–Kier alpha value is -1.89. The van der Waals surface area contributed by atoms with Gasteiger partial charge in [0, 0.05) is 19.9 Å². The first kappa shape index (κ1) is 18.2. The number of aromatic nitrogens is 2. The Morgan fingerprint density at radius 3 is 2.77 bits per heavy atom. The first-order valence-corrected chi connectivity index (χ1v) is 6.74. The second-order valence-corrected chi connectivity index (χ2v) is 4.81. The van der Waals surface area contributed by atoms with Crippen molar-refractivity contribution in [2.24, 2.45) is 5.73 Å². The maximum Gasteiger partial charge on any atom is 0.239 e. The number of methoxy groups -OCH3 is 1. The first-order valence-electron chi connectivity index (χ1n) is 6.74. The summed E-state index contributed by atoms with van der Waals surface area (Å²) in [5.41, 5.74) is 8.54. The lowest BCUT2D eigenvalue weighted by Crippen LogP contribution is -2.43. The van der Waals surface area contributed by atoms with Crippen LogP contribution in [0.15, 0.2) is 36.5 Å². The van der Waals surface area contributed by atoms with E-state index in [4.69, 9.17) is 10.5 Å². The fraction of sp³-hybridized carbons (Fsp3) is 0.333. The summed E-state index contributed by atoms with van der Waals surface area (Å²) >= 11 is 0. The molecule has 22 heavy (non-hydrogen) atoms. The normalized spacial score (nSPS) is 11.6. The Kier molecular flexibility index (Phi) is 7.04. The fourth-order valence-electron chi connectivity index (χ4n) is 2.00. The van der Waals surface area contributed by atoms with E-state index in [9.17, 15) is 4.79 Å². The number of nitrogens with two attached hydrogens (primary N) is 1. The van der Waals surface area contributed by atoms with Crippen molar-refractivity contribution in [3.63, 3.8) is 0 Å². The number of carbonyl (C=O) groups is 1. The van der Waals surface area contributed by atoms with Crippen molar-refractivity contribution >= 4 is 18.3 Å². The van der Waals surface area contributed by atoms with Gasteiger partial charge in [0.15, 0.2) is 0 Å². The molecule has 1 heterocycles. The molecule has 0 fully saturated rings. The van der Waals surface area contributed by atoms with Gasteiger partial charge in [0.05, 0.1) is 18.0 Å². The molecule has 1 amide bonds. The molecule has 120 valence electrons. The zero-order valence-electron chi connectivity index (χ0n) is 12.7. The summed E-state index contributed by atoms with van der Waals surface area (Å²) in [6.07, 6.45) is 1.90. The predicted octanol–water partition coefficient (Wildman–Crippen LogP) is 1.19. The number of hydrogen-bond donors (Lipinski definition) is 2. The Bertz CT molecular complexity index is 615. The largest absolute Gasteiger partial charge is 0.383 e. The van der Waals surface area contributed by atoms with E-state index in [1.165, 1.54) is 7.11 Å². The van der Waals surface area contributed by atoms with Crippen LogP contribution in [0, 0.1) is 6.92 Å². The molecule has 0 aliphatic heterocycles. The number of halogens is 1. The number of nitrogens with one attached hydrogen (secondary N) is 1. The van der Waals surface area contributed by atoms with Crippen LogP contribution in [0.4, 0.5) is 0 Å². The third-order valence-electron chi connectivity index (χ3n) is 3.10. The number of aryl methyl sites for hydroxylation is 1. The minimum Gasteiger partial charge on any atom is -0.383 e. The number of ether oxygens (including phenoxy) is 1. The van der Waals surface area contributed by atoms with Crippen LogP contribution < -0.4 is 11.1 Å². The Morgan fingerprint density at radius 2 is 2.14 bits per heavy atom. The molecule has 0 saturated carbocycles. The summed E-state index contributed by atoms with van der Waals surface area (Å²) in [5.74, 6) is -0.233. The van der Waals surface area contributed by atoms with E-state index in [-0.39, 0.29) is 24.9 Å². The van der Waals surface area contributed by atoms with Crippen LogP contribution in [-0.2, 0) is 16.1 Å². The number of hydrogen-bond acceptors (Lipinski definition) is 4. The van der Waals surface area contributed by atoms with Crippen LogP contribution in [0.5, 0.6) is 0 Å². The highest BCUT2D eigenvalue weighted by Gasteiger charge is 2.13. The molecule has 0 aliphatic carbocycles. The molecule has 2 rings (SSSR count). The van der Waals surface area contributed by atoms with Crippen molar-refractivity contribution in [1.29, 1.82) is 0 Å². The zero-order chi connectivity index (χ0) is 15.2. The van der Waals surface area contributed by atoms with Gasteiger partial charge in [-0.1, -0.05) is 18.2 Å². The number of para-hydroxylation sites is 1. The molecule has 0 spiro atoms. The van der Waals surface area contributed by atoms with Crippen LogP contribution in [-0.4, -0.2) is 35.4 Å². The van der Waals surface area contributed by atoms with Gasteiger partial charge in [-0.3, -0.25) is 4.79 Å². The van der Waals surface area contributed by atoms with Crippen molar-refractivity contribution < 1.29 is 9.53 Å². The lowest BCUT2D eigenvalue weighted by molar-refractivity contribution is -0.123. The number of nitrogens with zero attached hydrogens (tertiary/aromatic N) is 2. The third kappa shape index (κ3) is 4.56. The van der Waals surface area contributed by atoms with Crippen molar-refractivity contribution in [2.75, 3.05) is 13.7 Å². The average Bonchev–Trinajstić information content (AvgIpc) is 2.91. The summed E-state index contributed by atoms with van der Waals surface area (Å²) in [7, 11) is 1.52. The van der Waals surface area contributed by atoms with Crippen LogP contribution >= 0.6 is 12.4 Å². The van der Waals surface area contributed by atoms with Crippen molar-refractivity contribution in [2.45, 2.75) is 19.5 Å². The van der Waals surface area contributed by atoms with Gasteiger partial charge in [0.2, 0.25) is 5.91 Å².